The molecule has 1 aromatic heterocycles. The summed E-state index contributed by atoms with van der Waals surface area (Å²) in [6.07, 6.45) is 3.76. The second-order valence-electron chi connectivity index (χ2n) is 5.54. The van der Waals surface area contributed by atoms with E-state index in [0.29, 0.717) is 5.95 Å². The summed E-state index contributed by atoms with van der Waals surface area (Å²) in [7, 11) is 0. The monoisotopic (exact) mass is 366 g/mol. The number of hydrogen-bond acceptors (Lipinski definition) is 4. The molecule has 4 nitrogen and oxygen atoms in total. The molecular weight excluding hydrogens is 352 g/mol. The van der Waals surface area contributed by atoms with E-state index in [9.17, 15) is 0 Å². The highest BCUT2D eigenvalue weighted by Gasteiger charge is 2.08. The predicted molar refractivity (Wildman–Crippen MR) is 96.6 cm³/mol. The third-order valence-corrected chi connectivity index (χ3v) is 4.40. The van der Waals surface area contributed by atoms with Gasteiger partial charge in [0, 0.05) is 17.6 Å². The van der Waals surface area contributed by atoms with E-state index in [1.54, 1.807) is 6.20 Å². The van der Waals surface area contributed by atoms with Crippen molar-refractivity contribution in [2.45, 2.75) is 12.8 Å². The van der Waals surface area contributed by atoms with Crippen LogP contribution in [-0.4, -0.2) is 9.97 Å². The van der Waals surface area contributed by atoms with Gasteiger partial charge in [-0.25, -0.2) is 4.98 Å². The molecular formula is C18H15BrN4. The van der Waals surface area contributed by atoms with E-state index < -0.39 is 0 Å². The van der Waals surface area contributed by atoms with E-state index in [4.69, 9.17) is 0 Å². The first-order chi connectivity index (χ1) is 11.3. The maximum Gasteiger partial charge on any atom is 0.229 e. The van der Waals surface area contributed by atoms with Crippen molar-refractivity contribution in [3.8, 4) is 0 Å². The maximum absolute atomic E-state index is 4.56. The zero-order valence-electron chi connectivity index (χ0n) is 12.4. The van der Waals surface area contributed by atoms with Crippen molar-refractivity contribution >= 4 is 39.1 Å². The minimum atomic E-state index is 0.572. The molecule has 1 aliphatic rings. The van der Waals surface area contributed by atoms with Crippen molar-refractivity contribution in [2.24, 2.45) is 0 Å². The van der Waals surface area contributed by atoms with Crippen LogP contribution in [0, 0.1) is 0 Å². The molecule has 0 saturated carbocycles. The molecule has 2 heterocycles. The Bertz CT molecular complexity index is 863. The van der Waals surface area contributed by atoms with Gasteiger partial charge in [-0.05, 0) is 64.2 Å². The van der Waals surface area contributed by atoms with Crippen LogP contribution >= 0.6 is 15.9 Å². The quantitative estimate of drug-likeness (QED) is 0.598. The number of hydrogen-bond donors (Lipinski definition) is 2. The van der Waals surface area contributed by atoms with E-state index in [1.165, 1.54) is 11.1 Å². The van der Waals surface area contributed by atoms with Gasteiger partial charge in [-0.15, -0.1) is 0 Å². The normalized spacial score (nSPS) is 12.9. The van der Waals surface area contributed by atoms with Crippen molar-refractivity contribution in [1.82, 2.24) is 9.97 Å². The van der Waals surface area contributed by atoms with E-state index in [-0.39, 0.29) is 0 Å². The molecule has 0 aliphatic carbocycles. The first-order valence-electron chi connectivity index (χ1n) is 7.51. The molecule has 6 bridgehead atoms. The molecule has 2 aromatic carbocycles. The minimum absolute atomic E-state index is 0.572. The van der Waals surface area contributed by atoms with Crippen LogP contribution < -0.4 is 10.6 Å². The van der Waals surface area contributed by atoms with Crippen molar-refractivity contribution in [2.75, 3.05) is 10.6 Å². The number of benzene rings is 2. The van der Waals surface area contributed by atoms with Gasteiger partial charge < -0.3 is 10.6 Å². The Morgan fingerprint density at radius 1 is 0.870 bits per heavy atom. The zero-order valence-corrected chi connectivity index (χ0v) is 14.0. The maximum atomic E-state index is 4.56. The number of halogens is 1. The van der Waals surface area contributed by atoms with Crippen LogP contribution in [0.3, 0.4) is 0 Å². The molecule has 2 N–H and O–H groups in total. The predicted octanol–water partition coefficient (Wildman–Crippen LogP) is 4.82. The second-order valence-corrected chi connectivity index (χ2v) is 6.40. The molecule has 0 spiro atoms. The molecule has 0 fully saturated rings. The Labute approximate surface area is 143 Å². The zero-order chi connectivity index (χ0) is 15.6. The molecule has 0 radical (unpaired) electrons. The lowest BCUT2D eigenvalue weighted by molar-refractivity contribution is 0.961. The summed E-state index contributed by atoms with van der Waals surface area (Å²) in [5, 5.41) is 6.63. The smallest absolute Gasteiger partial charge is 0.229 e. The minimum Gasteiger partial charge on any atom is -0.339 e. The summed E-state index contributed by atoms with van der Waals surface area (Å²) in [4.78, 5) is 8.90. The Balaban J connectivity index is 1.83. The fourth-order valence-electron chi connectivity index (χ4n) is 2.68. The van der Waals surface area contributed by atoms with Gasteiger partial charge in [-0.1, -0.05) is 24.3 Å². The first kappa shape index (κ1) is 14.2. The van der Waals surface area contributed by atoms with Gasteiger partial charge in [0.1, 0.15) is 5.82 Å². The number of nitrogens with zero attached hydrogens (tertiary/aromatic N) is 2. The van der Waals surface area contributed by atoms with Gasteiger partial charge in [0.15, 0.2) is 0 Å². The summed E-state index contributed by atoms with van der Waals surface area (Å²) in [5.74, 6) is 1.32. The second kappa shape index (κ2) is 6.01. The van der Waals surface area contributed by atoms with Gasteiger partial charge in [-0.2, -0.15) is 4.98 Å². The lowest BCUT2D eigenvalue weighted by Gasteiger charge is -2.10. The number of aryl methyl sites for hydroxylation is 2. The van der Waals surface area contributed by atoms with Crippen LogP contribution in [0.5, 0.6) is 0 Å². The van der Waals surface area contributed by atoms with Crippen LogP contribution in [0.2, 0.25) is 0 Å². The molecule has 1 aliphatic heterocycles. The summed E-state index contributed by atoms with van der Waals surface area (Å²) in [5.41, 5.74) is 4.63. The van der Waals surface area contributed by atoms with Crippen LogP contribution in [0.25, 0.3) is 0 Å². The van der Waals surface area contributed by atoms with Gasteiger partial charge in [0.25, 0.3) is 0 Å². The van der Waals surface area contributed by atoms with Gasteiger partial charge in [0.05, 0.1) is 4.47 Å². The molecule has 0 amide bonds. The van der Waals surface area contributed by atoms with Crippen molar-refractivity contribution in [3.63, 3.8) is 0 Å². The third kappa shape index (κ3) is 3.19. The summed E-state index contributed by atoms with van der Waals surface area (Å²) in [6, 6.07) is 16.8. The Hall–Kier alpha value is -2.40. The molecule has 3 aromatic rings. The molecule has 0 unspecified atom stereocenters. The fourth-order valence-corrected chi connectivity index (χ4v) is 2.97. The van der Waals surface area contributed by atoms with E-state index in [0.717, 1.165) is 34.5 Å². The molecule has 5 heteroatoms. The highest BCUT2D eigenvalue weighted by atomic mass is 79.9. The van der Waals surface area contributed by atoms with E-state index >= 15 is 0 Å². The molecule has 4 rings (SSSR count). The van der Waals surface area contributed by atoms with Crippen LogP contribution in [0.15, 0.2) is 59.2 Å². The number of aromatic nitrogens is 2. The van der Waals surface area contributed by atoms with E-state index in [1.807, 2.05) is 12.1 Å². The average Bonchev–Trinajstić information content (AvgIpc) is 2.57. The van der Waals surface area contributed by atoms with Gasteiger partial charge in [-0.3, -0.25) is 0 Å². The Morgan fingerprint density at radius 2 is 1.52 bits per heavy atom. The van der Waals surface area contributed by atoms with Crippen LogP contribution in [-0.2, 0) is 12.8 Å². The highest BCUT2D eigenvalue weighted by Crippen LogP contribution is 2.27. The SMILES string of the molecule is Brc1cnc2nc1Nc1cccc(c1)CCc1cccc(c1)N2. The van der Waals surface area contributed by atoms with Crippen molar-refractivity contribution in [1.29, 1.82) is 0 Å². The molecule has 114 valence electrons. The standard InChI is InChI=1S/C18H15BrN4/c19-16-11-20-18-22-15-6-2-4-13(10-15)8-7-12-3-1-5-14(9-12)21-17(16)23-18/h1-6,9-11H,7-8H2,(H2,20,21,22,23). The number of fused-ring (bicyclic) bond motifs is 6. The Morgan fingerprint density at radius 3 is 2.22 bits per heavy atom. The Kier molecular flexibility index (Phi) is 3.71. The van der Waals surface area contributed by atoms with Crippen molar-refractivity contribution < 1.29 is 0 Å². The average molecular weight is 367 g/mol. The summed E-state index contributed by atoms with van der Waals surface area (Å²) >= 11 is 3.50. The van der Waals surface area contributed by atoms with Gasteiger partial charge >= 0.3 is 0 Å². The summed E-state index contributed by atoms with van der Waals surface area (Å²) < 4.78 is 0.831. The first-order valence-corrected chi connectivity index (χ1v) is 8.30. The molecule has 0 saturated heterocycles. The summed E-state index contributed by atoms with van der Waals surface area (Å²) in [6.45, 7) is 0. The largest absolute Gasteiger partial charge is 0.339 e. The lowest BCUT2D eigenvalue weighted by Crippen LogP contribution is -2.01. The van der Waals surface area contributed by atoms with E-state index in [2.05, 4.69) is 72.9 Å². The number of nitrogens with one attached hydrogen (secondary N) is 2. The topological polar surface area (TPSA) is 49.8 Å². The molecule has 0 atom stereocenters. The number of rotatable bonds is 0. The fraction of sp³-hybridized carbons (Fsp3) is 0.111. The van der Waals surface area contributed by atoms with Crippen LogP contribution in [0.4, 0.5) is 23.1 Å². The van der Waals surface area contributed by atoms with Crippen molar-refractivity contribution in [3.05, 3.63) is 70.3 Å². The highest BCUT2D eigenvalue weighted by molar-refractivity contribution is 9.10. The third-order valence-electron chi connectivity index (χ3n) is 3.82. The van der Waals surface area contributed by atoms with Crippen LogP contribution in [0.1, 0.15) is 11.1 Å². The molecule has 23 heavy (non-hydrogen) atoms. The number of anilines is 4. The lowest BCUT2D eigenvalue weighted by atomic mass is 10.0. The van der Waals surface area contributed by atoms with Gasteiger partial charge in [0.2, 0.25) is 5.95 Å².